The van der Waals surface area contributed by atoms with E-state index >= 15 is 0 Å². The van der Waals surface area contributed by atoms with Crippen molar-refractivity contribution in [2.24, 2.45) is 0 Å². The van der Waals surface area contributed by atoms with Gasteiger partial charge in [-0.15, -0.1) is 0 Å². The fourth-order valence-corrected chi connectivity index (χ4v) is 2.86. The Kier molecular flexibility index (Phi) is 4.34. The summed E-state index contributed by atoms with van der Waals surface area (Å²) in [6.07, 6.45) is 0. The number of carbonyl (C=O) groups is 1. The zero-order valence-electron chi connectivity index (χ0n) is 13.7. The second-order valence-electron chi connectivity index (χ2n) is 6.02. The van der Waals surface area contributed by atoms with Gasteiger partial charge >= 0.3 is 0 Å². The molecule has 122 valence electrons. The fourth-order valence-electron chi connectivity index (χ4n) is 2.86. The van der Waals surface area contributed by atoms with Gasteiger partial charge in [-0.1, -0.05) is 23.4 Å². The van der Waals surface area contributed by atoms with Crippen LogP contribution in [-0.4, -0.2) is 42.1 Å². The zero-order valence-corrected chi connectivity index (χ0v) is 13.7. The molecule has 0 bridgehead atoms. The molecule has 1 atom stereocenters. The Morgan fingerprint density at radius 1 is 1.35 bits per heavy atom. The van der Waals surface area contributed by atoms with Gasteiger partial charge in [0.15, 0.2) is 0 Å². The van der Waals surface area contributed by atoms with Crippen LogP contribution in [0.4, 0.5) is 11.6 Å². The van der Waals surface area contributed by atoms with E-state index in [2.05, 4.69) is 39.5 Å². The van der Waals surface area contributed by atoms with Crippen LogP contribution in [-0.2, 0) is 11.3 Å². The molecule has 1 amide bonds. The van der Waals surface area contributed by atoms with Crippen molar-refractivity contribution in [1.82, 2.24) is 10.1 Å². The van der Waals surface area contributed by atoms with Crippen molar-refractivity contribution >= 4 is 17.5 Å². The largest absolute Gasteiger partial charge is 0.373 e. The van der Waals surface area contributed by atoms with Gasteiger partial charge in [0.1, 0.15) is 0 Å². The number of hydrogen-bond acceptors (Lipinski definition) is 5. The number of nitrogens with one attached hydrogen (secondary N) is 1. The van der Waals surface area contributed by atoms with Gasteiger partial charge in [0.25, 0.3) is 0 Å². The van der Waals surface area contributed by atoms with Crippen molar-refractivity contribution < 1.29 is 9.32 Å². The molecule has 0 saturated carbocycles. The van der Waals surface area contributed by atoms with Crippen LogP contribution in [0.25, 0.3) is 0 Å². The predicted molar refractivity (Wildman–Crippen MR) is 89.5 cm³/mol. The second-order valence-corrected chi connectivity index (χ2v) is 6.02. The third kappa shape index (κ3) is 3.37. The van der Waals surface area contributed by atoms with Gasteiger partial charge in [-0.25, -0.2) is 0 Å². The van der Waals surface area contributed by atoms with E-state index in [1.165, 1.54) is 11.3 Å². The average molecular weight is 314 g/mol. The summed E-state index contributed by atoms with van der Waals surface area (Å²) in [6.45, 7) is 6.21. The van der Waals surface area contributed by atoms with Crippen LogP contribution in [0.15, 0.2) is 34.9 Å². The highest BCUT2D eigenvalue weighted by molar-refractivity contribution is 5.93. The number of aryl methyl sites for hydroxylation is 1. The number of benzene rings is 1. The van der Waals surface area contributed by atoms with E-state index in [4.69, 9.17) is 4.52 Å². The summed E-state index contributed by atoms with van der Waals surface area (Å²) in [4.78, 5) is 16.9. The predicted octanol–water partition coefficient (Wildman–Crippen LogP) is 2.26. The van der Waals surface area contributed by atoms with Crippen molar-refractivity contribution in [2.75, 3.05) is 30.4 Å². The van der Waals surface area contributed by atoms with Crippen LogP contribution < -0.4 is 10.2 Å². The Labute approximate surface area is 136 Å². The summed E-state index contributed by atoms with van der Waals surface area (Å²) in [6, 6.07) is 9.80. The second kappa shape index (κ2) is 6.42. The first kappa shape index (κ1) is 15.6. The Balaban J connectivity index is 1.72. The molecule has 0 aliphatic carbocycles. The van der Waals surface area contributed by atoms with Gasteiger partial charge in [0.05, 0.1) is 11.7 Å². The molecule has 1 aromatic heterocycles. The lowest BCUT2D eigenvalue weighted by Gasteiger charge is -2.26. The van der Waals surface area contributed by atoms with E-state index in [1.807, 2.05) is 26.0 Å². The molecule has 0 unspecified atom stereocenters. The molecule has 1 aliphatic rings. The number of nitrogens with zero attached hydrogens (tertiary/aromatic N) is 3. The Bertz CT molecular complexity index is 697. The van der Waals surface area contributed by atoms with Crippen LogP contribution in [0.5, 0.6) is 0 Å². The maximum absolute atomic E-state index is 12.5. The lowest BCUT2D eigenvalue weighted by Crippen LogP contribution is -2.43. The van der Waals surface area contributed by atoms with E-state index in [0.717, 1.165) is 25.3 Å². The first-order chi connectivity index (χ1) is 11.0. The van der Waals surface area contributed by atoms with Crippen molar-refractivity contribution in [2.45, 2.75) is 26.4 Å². The van der Waals surface area contributed by atoms with Gasteiger partial charge in [-0.05, 0) is 25.5 Å². The molecule has 0 radical (unpaired) electrons. The molecule has 3 rings (SSSR count). The Morgan fingerprint density at radius 3 is 2.87 bits per heavy atom. The molecular weight excluding hydrogens is 292 g/mol. The maximum Gasteiger partial charge on any atom is 0.243 e. The summed E-state index contributed by atoms with van der Waals surface area (Å²) in [7, 11) is 2.09. The number of hydrogen-bond donors (Lipinski definition) is 1. The van der Waals surface area contributed by atoms with E-state index < -0.39 is 0 Å². The van der Waals surface area contributed by atoms with E-state index in [9.17, 15) is 4.79 Å². The minimum absolute atomic E-state index is 0.0804. The highest BCUT2D eigenvalue weighted by atomic mass is 16.5. The number of fused-ring (bicyclic) bond motifs is 1. The quantitative estimate of drug-likeness (QED) is 0.941. The molecule has 1 aromatic carbocycles. The van der Waals surface area contributed by atoms with Crippen LogP contribution in [0.3, 0.4) is 0 Å². The normalized spacial score (nSPS) is 16.6. The number of anilines is 2. The number of para-hydroxylation sites is 1. The summed E-state index contributed by atoms with van der Waals surface area (Å²) < 4.78 is 5.06. The molecule has 0 saturated heterocycles. The fraction of sp³-hybridized carbons (Fsp3) is 0.412. The van der Waals surface area contributed by atoms with Gasteiger partial charge in [0, 0.05) is 38.4 Å². The lowest BCUT2D eigenvalue weighted by molar-refractivity contribution is -0.121. The molecule has 1 aliphatic heterocycles. The maximum atomic E-state index is 12.5. The number of rotatable bonds is 3. The third-order valence-corrected chi connectivity index (χ3v) is 4.30. The molecule has 2 heterocycles. The average Bonchev–Trinajstić information content (AvgIpc) is 2.87. The molecule has 0 spiro atoms. The van der Waals surface area contributed by atoms with Crippen molar-refractivity contribution in [3.63, 3.8) is 0 Å². The molecule has 23 heavy (non-hydrogen) atoms. The number of likely N-dealkylation sites (N-methyl/N-ethyl adjacent to an activating group) is 1. The van der Waals surface area contributed by atoms with E-state index in [-0.39, 0.29) is 11.9 Å². The summed E-state index contributed by atoms with van der Waals surface area (Å²) in [5.74, 6) is 0.315. The molecule has 6 nitrogen and oxygen atoms in total. The minimum Gasteiger partial charge on any atom is -0.373 e. The third-order valence-electron chi connectivity index (χ3n) is 4.30. The first-order valence-electron chi connectivity index (χ1n) is 7.82. The van der Waals surface area contributed by atoms with Gasteiger partial charge in [-0.3, -0.25) is 15.0 Å². The number of carbonyl (C=O) groups excluding carboxylic acids is 1. The smallest absolute Gasteiger partial charge is 0.243 e. The Morgan fingerprint density at radius 2 is 2.13 bits per heavy atom. The van der Waals surface area contributed by atoms with Crippen LogP contribution >= 0.6 is 0 Å². The van der Waals surface area contributed by atoms with Crippen LogP contribution in [0.1, 0.15) is 18.2 Å². The molecule has 0 fully saturated rings. The highest BCUT2D eigenvalue weighted by Gasteiger charge is 2.26. The highest BCUT2D eigenvalue weighted by Crippen LogP contribution is 2.24. The van der Waals surface area contributed by atoms with Gasteiger partial charge in [-0.2, -0.15) is 0 Å². The van der Waals surface area contributed by atoms with E-state index in [1.54, 1.807) is 6.07 Å². The lowest BCUT2D eigenvalue weighted by atomic mass is 10.1. The summed E-state index contributed by atoms with van der Waals surface area (Å²) >= 11 is 0. The van der Waals surface area contributed by atoms with Crippen molar-refractivity contribution in [3.05, 3.63) is 41.6 Å². The SMILES string of the molecule is Cc1cc(NC(=O)[C@H](C)N2CCN(C)c3ccccc3C2)on1. The van der Waals surface area contributed by atoms with Crippen molar-refractivity contribution in [1.29, 1.82) is 0 Å². The summed E-state index contributed by atoms with van der Waals surface area (Å²) in [5, 5.41) is 6.58. The number of amides is 1. The summed E-state index contributed by atoms with van der Waals surface area (Å²) in [5.41, 5.74) is 3.22. The van der Waals surface area contributed by atoms with Gasteiger partial charge in [0.2, 0.25) is 11.8 Å². The van der Waals surface area contributed by atoms with Crippen LogP contribution in [0.2, 0.25) is 0 Å². The standard InChI is InChI=1S/C17H22N4O2/c1-12-10-16(23-19-12)18-17(22)13(2)21-9-8-20(3)15-7-5-4-6-14(15)11-21/h4-7,10,13H,8-9,11H2,1-3H3,(H,18,22)/t13-/m0/s1. The zero-order chi connectivity index (χ0) is 16.4. The topological polar surface area (TPSA) is 61.6 Å². The first-order valence-corrected chi connectivity index (χ1v) is 7.82. The molecule has 6 heteroatoms. The monoisotopic (exact) mass is 314 g/mol. The molecule has 1 N–H and O–H groups in total. The minimum atomic E-state index is -0.250. The van der Waals surface area contributed by atoms with Crippen molar-refractivity contribution in [3.8, 4) is 0 Å². The molecule has 2 aromatic rings. The molecular formula is C17H22N4O2. The Hall–Kier alpha value is -2.34. The van der Waals surface area contributed by atoms with Gasteiger partial charge < -0.3 is 9.42 Å². The van der Waals surface area contributed by atoms with Crippen LogP contribution in [0, 0.1) is 6.92 Å². The number of aromatic nitrogens is 1. The van der Waals surface area contributed by atoms with E-state index in [0.29, 0.717) is 5.88 Å².